The largest absolute Gasteiger partial charge is 0.508 e. The maximum atomic E-state index is 13.9. The van der Waals surface area contributed by atoms with Crippen LogP contribution in [0.5, 0.6) is 11.5 Å². The molecule has 44 heavy (non-hydrogen) atoms. The molecular weight excluding hydrogens is 597 g/mol. The maximum Gasteiger partial charge on any atom is 0.455 e. The summed E-state index contributed by atoms with van der Waals surface area (Å²) in [6, 6.07) is 18.3. The number of fused-ring (bicyclic) bond motifs is 3. The molecule has 6 rings (SSSR count). The second-order valence-corrected chi connectivity index (χ2v) is 13.1. The quantitative estimate of drug-likeness (QED) is 0.146. The van der Waals surface area contributed by atoms with E-state index in [4.69, 9.17) is 21.0 Å². The Balaban J connectivity index is 1.30. The molecule has 2 aliphatic heterocycles. The molecule has 10 heteroatoms. The topological polar surface area (TPSA) is 96.3 Å². The molecule has 2 saturated heterocycles. The van der Waals surface area contributed by atoms with Gasteiger partial charge in [-0.05, 0) is 96.4 Å². The number of benzene rings is 2. The zero-order valence-electron chi connectivity index (χ0n) is 24.5. The molecule has 7 nitrogen and oxygen atoms in total. The smallest absolute Gasteiger partial charge is 0.455 e. The van der Waals surface area contributed by atoms with Gasteiger partial charge in [-0.25, -0.2) is 0 Å². The molecule has 0 saturated carbocycles. The van der Waals surface area contributed by atoms with E-state index in [9.17, 15) is 19.7 Å². The van der Waals surface area contributed by atoms with Crippen molar-refractivity contribution < 1.29 is 29.1 Å². The highest BCUT2D eigenvalue weighted by atomic mass is 35.5. The van der Waals surface area contributed by atoms with Gasteiger partial charge in [0.2, 0.25) is 11.8 Å². The fourth-order valence-corrected chi connectivity index (χ4v) is 7.81. The fraction of sp³-hybridized carbons (Fsp3) is 0.353. The van der Waals surface area contributed by atoms with Crippen LogP contribution in [0.3, 0.4) is 0 Å². The van der Waals surface area contributed by atoms with E-state index in [1.54, 1.807) is 12.1 Å². The number of phenolic OH excluding ortho intramolecular Hbond substituents is 1. The molecule has 0 spiro atoms. The molecule has 2 fully saturated rings. The first kappa shape index (κ1) is 30.7. The van der Waals surface area contributed by atoms with Crippen molar-refractivity contribution in [3.63, 3.8) is 0 Å². The van der Waals surface area contributed by atoms with E-state index in [1.165, 1.54) is 22.3 Å². The van der Waals surface area contributed by atoms with Crippen LogP contribution in [-0.2, 0) is 20.8 Å². The van der Waals surface area contributed by atoms with E-state index in [0.29, 0.717) is 24.3 Å². The van der Waals surface area contributed by atoms with Gasteiger partial charge in [-0.2, -0.15) is 0 Å². The lowest BCUT2D eigenvalue weighted by atomic mass is 9.58. The van der Waals surface area contributed by atoms with Crippen LogP contribution in [0.25, 0.3) is 6.08 Å². The lowest BCUT2D eigenvalue weighted by Gasteiger charge is -2.43. The second kappa shape index (κ2) is 13.3. The molecule has 3 aromatic rings. The number of para-hydroxylation sites is 1. The zero-order valence-corrected chi connectivity index (χ0v) is 26.1. The number of imide groups is 1. The summed E-state index contributed by atoms with van der Waals surface area (Å²) in [5, 5.41) is 23.1. The third-order valence-electron chi connectivity index (χ3n) is 8.97. The van der Waals surface area contributed by atoms with Crippen molar-refractivity contribution in [2.24, 2.45) is 17.8 Å². The molecule has 0 unspecified atom stereocenters. The van der Waals surface area contributed by atoms with Crippen LogP contribution in [0, 0.1) is 17.8 Å². The van der Waals surface area contributed by atoms with Gasteiger partial charge in [0.05, 0.1) is 29.5 Å². The van der Waals surface area contributed by atoms with Crippen molar-refractivity contribution in [1.29, 1.82) is 0 Å². The first-order valence-corrected chi connectivity index (χ1v) is 16.4. The number of nitrogens with zero attached hydrogens (tertiary/aromatic N) is 1. The predicted molar refractivity (Wildman–Crippen MR) is 172 cm³/mol. The van der Waals surface area contributed by atoms with Gasteiger partial charge in [0.1, 0.15) is 18.1 Å². The number of thiophene rings is 1. The highest BCUT2D eigenvalue weighted by molar-refractivity contribution is 7.09. The Morgan fingerprint density at radius 3 is 2.68 bits per heavy atom. The number of carbonyl (C=O) groups excluding carboxylic acids is 2. The molecule has 0 bridgehead atoms. The summed E-state index contributed by atoms with van der Waals surface area (Å²) in [5.41, 5.74) is 3.93. The molecule has 3 heterocycles. The number of hydrogen-bond donors (Lipinski definition) is 2. The van der Waals surface area contributed by atoms with E-state index >= 15 is 0 Å². The Kier molecular flexibility index (Phi) is 9.28. The lowest BCUT2D eigenvalue weighted by Crippen LogP contribution is -2.46. The normalized spacial score (nSPS) is 23.7. The molecular formula is C34H35BClNO6S. The zero-order chi connectivity index (χ0) is 30.8. The Labute approximate surface area is 266 Å². The van der Waals surface area contributed by atoms with Crippen molar-refractivity contribution in [1.82, 2.24) is 4.90 Å². The maximum absolute atomic E-state index is 13.9. The number of ether oxygens (including phenoxy) is 1. The van der Waals surface area contributed by atoms with Gasteiger partial charge in [-0.15, -0.1) is 11.3 Å². The van der Waals surface area contributed by atoms with E-state index < -0.39 is 25.1 Å². The lowest BCUT2D eigenvalue weighted by molar-refractivity contribution is -0.140. The predicted octanol–water partition coefficient (Wildman–Crippen LogP) is 6.76. The van der Waals surface area contributed by atoms with E-state index in [0.717, 1.165) is 39.3 Å². The Hall–Kier alpha value is -3.37. The van der Waals surface area contributed by atoms with Crippen LogP contribution in [-0.4, -0.2) is 46.7 Å². The first-order chi connectivity index (χ1) is 21.3. The minimum atomic E-state index is -1.04. The molecule has 228 valence electrons. The summed E-state index contributed by atoms with van der Waals surface area (Å²) in [6.45, 7) is 2.63. The molecule has 1 aliphatic carbocycles. The van der Waals surface area contributed by atoms with Crippen molar-refractivity contribution in [3.8, 4) is 11.5 Å². The highest BCUT2D eigenvalue weighted by Gasteiger charge is 2.57. The molecule has 0 radical (unpaired) electrons. The highest BCUT2D eigenvalue weighted by Crippen LogP contribution is 2.51. The average molecular weight is 632 g/mol. The summed E-state index contributed by atoms with van der Waals surface area (Å²) >= 11 is 7.91. The average Bonchev–Trinajstić information content (AvgIpc) is 3.62. The summed E-state index contributed by atoms with van der Waals surface area (Å²) < 4.78 is 12.4. The van der Waals surface area contributed by atoms with Crippen molar-refractivity contribution >= 4 is 47.9 Å². The third-order valence-corrected chi connectivity index (χ3v) is 10.2. The number of carbonyl (C=O) groups is 2. The number of rotatable bonds is 10. The van der Waals surface area contributed by atoms with Gasteiger partial charge in [-0.1, -0.05) is 54.4 Å². The Morgan fingerprint density at radius 1 is 1.14 bits per heavy atom. The minimum absolute atomic E-state index is 0.113. The Bertz CT molecular complexity index is 1580. The third kappa shape index (κ3) is 6.38. The van der Waals surface area contributed by atoms with Crippen LogP contribution in [0.1, 0.15) is 43.0 Å². The van der Waals surface area contributed by atoms with Crippen LogP contribution in [0.4, 0.5) is 0 Å². The Morgan fingerprint density at radius 2 is 1.95 bits per heavy atom. The molecule has 1 aromatic heterocycles. The summed E-state index contributed by atoms with van der Waals surface area (Å²) in [4.78, 5) is 30.0. The van der Waals surface area contributed by atoms with Crippen LogP contribution < -0.4 is 4.74 Å². The van der Waals surface area contributed by atoms with Gasteiger partial charge in [0.25, 0.3) is 0 Å². The number of aromatic hydroxyl groups is 1. The number of phenols is 1. The number of hydrogen-bond acceptors (Lipinski definition) is 7. The SMILES string of the molecule is CC/C(=C\c1ccc(O)cc1Cl)CC[C@H]1OB(O)C[C@H]2C1=C(COc1ccccc1)C[C@H]1C(=O)N(Cc3cccs3)C(=O)[C@H]12. The van der Waals surface area contributed by atoms with Crippen LogP contribution in [0.2, 0.25) is 11.3 Å². The first-order valence-electron chi connectivity index (χ1n) is 15.1. The molecule has 2 amide bonds. The van der Waals surface area contributed by atoms with Crippen molar-refractivity contribution in [3.05, 3.63) is 98.2 Å². The molecule has 2 aromatic carbocycles. The second-order valence-electron chi connectivity index (χ2n) is 11.7. The number of allylic oxidation sites excluding steroid dienone is 1. The van der Waals surface area contributed by atoms with Gasteiger partial charge >= 0.3 is 7.12 Å². The minimum Gasteiger partial charge on any atom is -0.508 e. The van der Waals surface area contributed by atoms with E-state index in [1.807, 2.05) is 53.9 Å². The van der Waals surface area contributed by atoms with Crippen LogP contribution in [0.15, 0.2) is 82.8 Å². The van der Waals surface area contributed by atoms with Gasteiger partial charge in [0.15, 0.2) is 0 Å². The number of halogens is 1. The van der Waals surface area contributed by atoms with E-state index in [2.05, 4.69) is 6.92 Å². The molecule has 4 atom stereocenters. The number of amides is 2. The van der Waals surface area contributed by atoms with E-state index in [-0.39, 0.29) is 43.0 Å². The van der Waals surface area contributed by atoms with Gasteiger partial charge < -0.3 is 19.5 Å². The number of likely N-dealkylation sites (tertiary alicyclic amines) is 1. The summed E-state index contributed by atoms with van der Waals surface area (Å²) in [7, 11) is -1.04. The van der Waals surface area contributed by atoms with Gasteiger partial charge in [-0.3, -0.25) is 14.5 Å². The van der Waals surface area contributed by atoms with Crippen LogP contribution >= 0.6 is 22.9 Å². The fourth-order valence-electron chi connectivity index (χ4n) is 6.88. The molecule has 2 N–H and O–H groups in total. The van der Waals surface area contributed by atoms with Crippen molar-refractivity contribution in [2.75, 3.05) is 6.61 Å². The molecule has 3 aliphatic rings. The van der Waals surface area contributed by atoms with Crippen molar-refractivity contribution in [2.45, 2.75) is 51.6 Å². The summed E-state index contributed by atoms with van der Waals surface area (Å²) in [5.74, 6) is -0.810. The summed E-state index contributed by atoms with van der Waals surface area (Å²) in [6.07, 6.45) is 4.33. The standard InChI is InChI=1S/C34H35BClNO6S/c1-2-21(15-22-11-12-24(38)17-29(22)36)10-13-30-31-23(20-42-25-7-4-3-5-8-25)16-27-32(28(31)18-35(41)43-30)34(40)37(33(27)39)19-26-9-6-14-44-26/h3-9,11-12,14-15,17,27-28,30,32,38,41H,2,10,13,16,18-20H2,1H3/b21-15+/t27-,28+,30-,32-/m1/s1. The van der Waals surface area contributed by atoms with Gasteiger partial charge in [0, 0.05) is 4.88 Å². The monoisotopic (exact) mass is 631 g/mol.